The van der Waals surface area contributed by atoms with Crippen molar-refractivity contribution in [3.05, 3.63) is 60.2 Å². The highest BCUT2D eigenvalue weighted by Crippen LogP contribution is 2.29. The Labute approximate surface area is 196 Å². The predicted molar refractivity (Wildman–Crippen MR) is 129 cm³/mol. The van der Waals surface area contributed by atoms with Crippen LogP contribution in [0, 0.1) is 5.92 Å². The fourth-order valence-electron chi connectivity index (χ4n) is 4.97. The molecule has 1 amide bonds. The van der Waals surface area contributed by atoms with Crippen LogP contribution in [-0.4, -0.2) is 60.8 Å². The third-order valence-electron chi connectivity index (χ3n) is 7.09. The molecule has 6 nitrogen and oxygen atoms in total. The largest absolute Gasteiger partial charge is 0.490 e. The number of benzene rings is 2. The molecule has 3 atom stereocenters. The van der Waals surface area contributed by atoms with E-state index in [1.54, 1.807) is 0 Å². The van der Waals surface area contributed by atoms with Crippen LogP contribution in [0.3, 0.4) is 0 Å². The molecular formula is C27H35N3O3. The summed E-state index contributed by atoms with van der Waals surface area (Å²) in [5.74, 6) is 0.832. The number of aliphatic hydroxyl groups excluding tert-OH is 1. The van der Waals surface area contributed by atoms with E-state index in [1.807, 2.05) is 42.5 Å². The molecule has 3 aliphatic rings. The van der Waals surface area contributed by atoms with E-state index in [0.717, 1.165) is 62.4 Å². The molecule has 0 bridgehead atoms. The van der Waals surface area contributed by atoms with Crippen molar-refractivity contribution in [3.8, 4) is 5.75 Å². The summed E-state index contributed by atoms with van der Waals surface area (Å²) in [4.78, 5) is 17.9. The van der Waals surface area contributed by atoms with E-state index >= 15 is 0 Å². The predicted octanol–water partition coefficient (Wildman–Crippen LogP) is 3.37. The molecule has 2 N–H and O–H groups in total. The first-order chi connectivity index (χ1) is 16.2. The van der Waals surface area contributed by atoms with E-state index < -0.39 is 6.10 Å². The Bertz CT molecular complexity index is 910. The number of carbonyl (C=O) groups excluding carboxylic acids is 1. The van der Waals surface area contributed by atoms with Crippen LogP contribution in [0.5, 0.6) is 5.75 Å². The molecule has 2 aromatic rings. The van der Waals surface area contributed by atoms with Gasteiger partial charge in [-0.1, -0.05) is 30.3 Å². The maximum absolute atomic E-state index is 13.2. The van der Waals surface area contributed by atoms with Crippen molar-refractivity contribution in [1.82, 2.24) is 10.2 Å². The first kappa shape index (κ1) is 22.2. The quantitative estimate of drug-likeness (QED) is 0.615. The molecule has 0 spiro atoms. The molecule has 1 saturated carbocycles. The van der Waals surface area contributed by atoms with E-state index in [9.17, 15) is 9.90 Å². The average Bonchev–Trinajstić information content (AvgIpc) is 3.29. The summed E-state index contributed by atoms with van der Waals surface area (Å²) in [6.07, 6.45) is 5.03. The summed E-state index contributed by atoms with van der Waals surface area (Å²) in [5, 5.41) is 14.5. The Morgan fingerprint density at radius 2 is 1.73 bits per heavy atom. The summed E-state index contributed by atoms with van der Waals surface area (Å²) in [7, 11) is 0. The average molecular weight is 450 g/mol. The number of amides is 1. The van der Waals surface area contributed by atoms with Gasteiger partial charge in [-0.3, -0.25) is 4.79 Å². The number of anilines is 1. The fraction of sp³-hybridized carbons (Fsp3) is 0.519. The first-order valence-electron chi connectivity index (χ1n) is 12.4. The lowest BCUT2D eigenvalue weighted by Gasteiger charge is -2.30. The lowest BCUT2D eigenvalue weighted by Crippen LogP contribution is -2.48. The topological polar surface area (TPSA) is 65.0 Å². The molecule has 0 radical (unpaired) electrons. The summed E-state index contributed by atoms with van der Waals surface area (Å²) >= 11 is 0. The molecule has 6 heteroatoms. The number of aliphatic hydroxyl groups is 1. The Hall–Kier alpha value is -2.57. The van der Waals surface area contributed by atoms with Crippen LogP contribution in [0.2, 0.25) is 0 Å². The lowest BCUT2D eigenvalue weighted by atomic mass is 10.00. The van der Waals surface area contributed by atoms with E-state index in [0.29, 0.717) is 12.6 Å². The third-order valence-corrected chi connectivity index (χ3v) is 7.09. The SMILES string of the molecule is O=C(N[C@H](CN1CCCC1)[C@H](O)c1ccc(OC2CC2)cc1)[C@@H]1CCN(c2ccccc2)C1. The number of hydrogen-bond acceptors (Lipinski definition) is 5. The van der Waals surface area contributed by atoms with E-state index in [-0.39, 0.29) is 17.9 Å². The lowest BCUT2D eigenvalue weighted by molar-refractivity contribution is -0.126. The molecule has 5 rings (SSSR count). The van der Waals surface area contributed by atoms with Gasteiger partial charge in [-0.05, 0) is 75.0 Å². The number of likely N-dealkylation sites (tertiary alicyclic amines) is 1. The number of rotatable bonds is 9. The molecule has 2 aliphatic heterocycles. The van der Waals surface area contributed by atoms with E-state index in [2.05, 4.69) is 27.2 Å². The minimum Gasteiger partial charge on any atom is -0.490 e. The van der Waals surface area contributed by atoms with Gasteiger partial charge in [0.2, 0.25) is 5.91 Å². The zero-order valence-electron chi connectivity index (χ0n) is 19.2. The van der Waals surface area contributed by atoms with Gasteiger partial charge in [-0.15, -0.1) is 0 Å². The number of para-hydroxylation sites is 1. The van der Waals surface area contributed by atoms with Gasteiger partial charge in [0.15, 0.2) is 0 Å². The second kappa shape index (κ2) is 10.1. The van der Waals surface area contributed by atoms with Crippen molar-refractivity contribution >= 4 is 11.6 Å². The molecule has 0 aromatic heterocycles. The van der Waals surface area contributed by atoms with Crippen LogP contribution in [0.1, 0.15) is 43.8 Å². The van der Waals surface area contributed by atoms with Crippen LogP contribution in [0.4, 0.5) is 5.69 Å². The zero-order chi connectivity index (χ0) is 22.6. The number of nitrogens with zero attached hydrogens (tertiary/aromatic N) is 2. The molecule has 33 heavy (non-hydrogen) atoms. The zero-order valence-corrected chi connectivity index (χ0v) is 19.2. The van der Waals surface area contributed by atoms with E-state index in [4.69, 9.17) is 4.74 Å². The molecule has 1 aliphatic carbocycles. The summed E-state index contributed by atoms with van der Waals surface area (Å²) in [5.41, 5.74) is 1.98. The number of carbonyl (C=O) groups is 1. The van der Waals surface area contributed by atoms with Crippen molar-refractivity contribution in [3.63, 3.8) is 0 Å². The molecular weight excluding hydrogens is 414 g/mol. The minimum atomic E-state index is -0.754. The molecule has 0 unspecified atom stereocenters. The Morgan fingerprint density at radius 1 is 1.00 bits per heavy atom. The number of nitrogens with one attached hydrogen (secondary N) is 1. The minimum absolute atomic E-state index is 0.0466. The maximum atomic E-state index is 13.2. The highest BCUT2D eigenvalue weighted by molar-refractivity contribution is 5.80. The normalized spacial score (nSPS) is 22.8. The summed E-state index contributed by atoms with van der Waals surface area (Å²) in [6, 6.07) is 17.7. The van der Waals surface area contributed by atoms with Crippen molar-refractivity contribution in [2.45, 2.75) is 50.4 Å². The van der Waals surface area contributed by atoms with Gasteiger partial charge in [0, 0.05) is 25.3 Å². The fourth-order valence-corrected chi connectivity index (χ4v) is 4.97. The van der Waals surface area contributed by atoms with Crippen molar-refractivity contribution < 1.29 is 14.6 Å². The highest BCUT2D eigenvalue weighted by Gasteiger charge is 2.33. The second-order valence-corrected chi connectivity index (χ2v) is 9.72. The standard InChI is InChI=1S/C27H35N3O3/c31-26(20-8-10-23(11-9-20)33-24-12-13-24)25(19-29-15-4-5-16-29)28-27(32)21-14-17-30(18-21)22-6-2-1-3-7-22/h1-3,6-11,21,24-26,31H,4-5,12-19H2,(H,28,32)/t21-,25-,26-/m1/s1. The van der Waals surface area contributed by atoms with Crippen LogP contribution >= 0.6 is 0 Å². The second-order valence-electron chi connectivity index (χ2n) is 9.72. The van der Waals surface area contributed by atoms with Crippen molar-refractivity contribution in [1.29, 1.82) is 0 Å². The van der Waals surface area contributed by atoms with Gasteiger partial charge < -0.3 is 25.0 Å². The molecule has 2 aromatic carbocycles. The maximum Gasteiger partial charge on any atom is 0.225 e. The Balaban J connectivity index is 1.24. The summed E-state index contributed by atoms with van der Waals surface area (Å²) < 4.78 is 5.84. The van der Waals surface area contributed by atoms with Gasteiger partial charge in [-0.2, -0.15) is 0 Å². The number of hydrogen-bond donors (Lipinski definition) is 2. The van der Waals surface area contributed by atoms with Crippen LogP contribution in [0.15, 0.2) is 54.6 Å². The van der Waals surface area contributed by atoms with Gasteiger partial charge in [-0.25, -0.2) is 0 Å². The Kier molecular flexibility index (Phi) is 6.83. The van der Waals surface area contributed by atoms with Crippen LogP contribution in [-0.2, 0) is 4.79 Å². The third kappa shape index (κ3) is 5.68. The number of ether oxygens (including phenoxy) is 1. The van der Waals surface area contributed by atoms with Crippen molar-refractivity contribution in [2.75, 3.05) is 37.6 Å². The molecule has 2 saturated heterocycles. The monoisotopic (exact) mass is 449 g/mol. The van der Waals surface area contributed by atoms with E-state index in [1.165, 1.54) is 12.8 Å². The van der Waals surface area contributed by atoms with Crippen LogP contribution in [0.25, 0.3) is 0 Å². The first-order valence-corrected chi connectivity index (χ1v) is 12.4. The van der Waals surface area contributed by atoms with Gasteiger partial charge >= 0.3 is 0 Å². The van der Waals surface area contributed by atoms with Crippen molar-refractivity contribution in [2.24, 2.45) is 5.92 Å². The summed E-state index contributed by atoms with van der Waals surface area (Å²) in [6.45, 7) is 4.32. The van der Waals surface area contributed by atoms with Gasteiger partial charge in [0.25, 0.3) is 0 Å². The molecule has 2 heterocycles. The van der Waals surface area contributed by atoms with Crippen LogP contribution < -0.4 is 15.0 Å². The van der Waals surface area contributed by atoms with Gasteiger partial charge in [0.05, 0.1) is 18.1 Å². The Morgan fingerprint density at radius 3 is 2.42 bits per heavy atom. The molecule has 176 valence electrons. The molecule has 3 fully saturated rings. The van der Waals surface area contributed by atoms with Gasteiger partial charge in [0.1, 0.15) is 11.9 Å². The smallest absolute Gasteiger partial charge is 0.225 e. The highest BCUT2D eigenvalue weighted by atomic mass is 16.5.